The zero-order chi connectivity index (χ0) is 15.6. The minimum atomic E-state index is -0.889. The molecule has 1 saturated heterocycles. The number of hydrogen-bond donors (Lipinski definition) is 1. The summed E-state index contributed by atoms with van der Waals surface area (Å²) in [5.41, 5.74) is -0.333. The number of carbonyl (C=O) groups excluding carboxylic acids is 2. The van der Waals surface area contributed by atoms with Crippen LogP contribution in [0.4, 0.5) is 4.39 Å². The Balaban J connectivity index is 2.14. The van der Waals surface area contributed by atoms with Crippen LogP contribution in [0.3, 0.4) is 0 Å². The molecule has 1 aliphatic rings. The number of amides is 2. The Kier molecular flexibility index (Phi) is 4.16. The highest BCUT2D eigenvalue weighted by Crippen LogP contribution is 2.21. The maximum Gasteiger partial charge on any atom is 0.245 e. The van der Waals surface area contributed by atoms with E-state index in [-0.39, 0.29) is 24.0 Å². The monoisotopic (exact) mass is 294 g/mol. The number of benzene rings is 1. The van der Waals surface area contributed by atoms with Crippen LogP contribution in [0.25, 0.3) is 0 Å². The molecule has 1 aromatic rings. The summed E-state index contributed by atoms with van der Waals surface area (Å²) in [6.45, 7) is 4.29. The summed E-state index contributed by atoms with van der Waals surface area (Å²) >= 11 is 0. The Morgan fingerprint density at radius 3 is 2.81 bits per heavy atom. The fourth-order valence-corrected chi connectivity index (χ4v) is 2.43. The molecule has 0 radical (unpaired) electrons. The number of halogens is 1. The highest BCUT2D eigenvalue weighted by Gasteiger charge is 2.40. The first kappa shape index (κ1) is 15.3. The maximum atomic E-state index is 13.6. The summed E-state index contributed by atoms with van der Waals surface area (Å²) < 4.78 is 18.5. The van der Waals surface area contributed by atoms with E-state index in [4.69, 9.17) is 4.74 Å². The quantitative estimate of drug-likeness (QED) is 0.908. The van der Waals surface area contributed by atoms with Gasteiger partial charge in [-0.05, 0) is 31.5 Å². The molecule has 0 unspecified atom stereocenters. The van der Waals surface area contributed by atoms with Crippen molar-refractivity contribution in [1.82, 2.24) is 10.2 Å². The molecule has 0 saturated carbocycles. The second kappa shape index (κ2) is 5.71. The van der Waals surface area contributed by atoms with Gasteiger partial charge in [-0.3, -0.25) is 9.59 Å². The Bertz CT molecular complexity index is 572. The number of piperazine rings is 1. The van der Waals surface area contributed by atoms with Crippen LogP contribution >= 0.6 is 0 Å². The molecule has 5 nitrogen and oxygen atoms in total. The lowest BCUT2D eigenvalue weighted by atomic mass is 9.97. The first-order valence-electron chi connectivity index (χ1n) is 6.77. The van der Waals surface area contributed by atoms with Crippen molar-refractivity contribution in [1.29, 1.82) is 0 Å². The van der Waals surface area contributed by atoms with Crippen LogP contribution in [0.2, 0.25) is 0 Å². The molecule has 6 heteroatoms. The van der Waals surface area contributed by atoms with Gasteiger partial charge in [0.15, 0.2) is 11.6 Å². The van der Waals surface area contributed by atoms with Crippen LogP contribution in [-0.4, -0.2) is 42.5 Å². The molecule has 1 heterocycles. The van der Waals surface area contributed by atoms with Crippen LogP contribution in [0, 0.1) is 5.82 Å². The minimum Gasteiger partial charge on any atom is -0.494 e. The normalized spacial score (nSPS) is 17.3. The number of nitrogens with one attached hydrogen (secondary N) is 1. The van der Waals surface area contributed by atoms with E-state index in [0.29, 0.717) is 18.7 Å². The SMILES string of the molecule is COc1ccc(CC(=O)N2CCNC(=O)C2(C)C)cc1F. The average Bonchev–Trinajstić information content (AvgIpc) is 2.42. The molecule has 1 N–H and O–H groups in total. The fraction of sp³-hybridized carbons (Fsp3) is 0.467. The van der Waals surface area contributed by atoms with Crippen molar-refractivity contribution in [3.63, 3.8) is 0 Å². The third kappa shape index (κ3) is 2.99. The lowest BCUT2D eigenvalue weighted by Gasteiger charge is -2.41. The van der Waals surface area contributed by atoms with E-state index < -0.39 is 11.4 Å². The number of rotatable bonds is 3. The zero-order valence-corrected chi connectivity index (χ0v) is 12.4. The number of nitrogens with zero attached hydrogens (tertiary/aromatic N) is 1. The average molecular weight is 294 g/mol. The third-order valence-corrected chi connectivity index (χ3v) is 3.72. The predicted molar refractivity (Wildman–Crippen MR) is 75.5 cm³/mol. The van der Waals surface area contributed by atoms with Crippen LogP contribution in [0.5, 0.6) is 5.75 Å². The summed E-state index contributed by atoms with van der Waals surface area (Å²) in [4.78, 5) is 25.8. The molecule has 114 valence electrons. The van der Waals surface area contributed by atoms with Gasteiger partial charge in [-0.1, -0.05) is 6.07 Å². The van der Waals surface area contributed by atoms with E-state index in [1.165, 1.54) is 24.1 Å². The second-order valence-electron chi connectivity index (χ2n) is 5.51. The summed E-state index contributed by atoms with van der Waals surface area (Å²) in [6, 6.07) is 4.43. The molecule has 1 fully saturated rings. The molecule has 0 bridgehead atoms. The molecule has 0 aliphatic carbocycles. The van der Waals surface area contributed by atoms with Gasteiger partial charge in [0, 0.05) is 13.1 Å². The van der Waals surface area contributed by atoms with Crippen LogP contribution in [-0.2, 0) is 16.0 Å². The molecule has 2 rings (SSSR count). The van der Waals surface area contributed by atoms with Gasteiger partial charge in [-0.2, -0.15) is 0 Å². The first-order valence-corrected chi connectivity index (χ1v) is 6.77. The van der Waals surface area contributed by atoms with Crippen molar-refractivity contribution in [2.45, 2.75) is 25.8 Å². The van der Waals surface area contributed by atoms with Crippen molar-refractivity contribution in [3.05, 3.63) is 29.6 Å². The first-order chi connectivity index (χ1) is 9.86. The van der Waals surface area contributed by atoms with Crippen molar-refractivity contribution in [3.8, 4) is 5.75 Å². The summed E-state index contributed by atoms with van der Waals surface area (Å²) in [5.74, 6) is -0.732. The van der Waals surface area contributed by atoms with Gasteiger partial charge in [-0.25, -0.2) is 4.39 Å². The maximum absolute atomic E-state index is 13.6. The molecule has 1 aromatic carbocycles. The summed E-state index contributed by atoms with van der Waals surface area (Å²) in [6.07, 6.45) is 0.0532. The molecular weight excluding hydrogens is 275 g/mol. The van der Waals surface area contributed by atoms with Crippen LogP contribution in [0.1, 0.15) is 19.4 Å². The summed E-state index contributed by atoms with van der Waals surface area (Å²) in [7, 11) is 1.39. The largest absolute Gasteiger partial charge is 0.494 e. The fourth-order valence-electron chi connectivity index (χ4n) is 2.43. The Hall–Kier alpha value is -2.11. The molecule has 0 aromatic heterocycles. The van der Waals surface area contributed by atoms with Crippen molar-refractivity contribution < 1.29 is 18.7 Å². The van der Waals surface area contributed by atoms with E-state index in [1.807, 2.05) is 0 Å². The number of carbonyl (C=O) groups is 2. The van der Waals surface area contributed by atoms with E-state index in [1.54, 1.807) is 19.9 Å². The van der Waals surface area contributed by atoms with Gasteiger partial charge in [-0.15, -0.1) is 0 Å². The molecule has 0 spiro atoms. The van der Waals surface area contributed by atoms with Gasteiger partial charge in [0.2, 0.25) is 11.8 Å². The van der Waals surface area contributed by atoms with Crippen molar-refractivity contribution in [2.24, 2.45) is 0 Å². The lowest BCUT2D eigenvalue weighted by molar-refractivity contribution is -0.148. The minimum absolute atomic E-state index is 0.0532. The standard InChI is InChI=1S/C15H19FN2O3/c1-15(2)14(20)17-6-7-18(15)13(19)9-10-4-5-12(21-3)11(16)8-10/h4-5,8H,6-7,9H2,1-3H3,(H,17,20). The van der Waals surface area contributed by atoms with Gasteiger partial charge < -0.3 is 15.0 Å². The predicted octanol–water partition coefficient (Wildman–Crippen LogP) is 1.11. The topological polar surface area (TPSA) is 58.6 Å². The van der Waals surface area contributed by atoms with Gasteiger partial charge in [0.25, 0.3) is 0 Å². The lowest BCUT2D eigenvalue weighted by Crippen LogP contribution is -2.63. The smallest absolute Gasteiger partial charge is 0.245 e. The number of methoxy groups -OCH3 is 1. The van der Waals surface area contributed by atoms with Gasteiger partial charge in [0.05, 0.1) is 13.5 Å². The Morgan fingerprint density at radius 2 is 2.19 bits per heavy atom. The zero-order valence-electron chi connectivity index (χ0n) is 12.4. The van der Waals surface area contributed by atoms with Crippen LogP contribution in [0.15, 0.2) is 18.2 Å². The van der Waals surface area contributed by atoms with Crippen molar-refractivity contribution >= 4 is 11.8 Å². The third-order valence-electron chi connectivity index (χ3n) is 3.72. The highest BCUT2D eigenvalue weighted by atomic mass is 19.1. The highest BCUT2D eigenvalue weighted by molar-refractivity contribution is 5.92. The van der Waals surface area contributed by atoms with E-state index in [9.17, 15) is 14.0 Å². The second-order valence-corrected chi connectivity index (χ2v) is 5.51. The molecular formula is C15H19FN2O3. The van der Waals surface area contributed by atoms with E-state index >= 15 is 0 Å². The van der Waals surface area contributed by atoms with Crippen LogP contribution < -0.4 is 10.1 Å². The van der Waals surface area contributed by atoms with Gasteiger partial charge in [0.1, 0.15) is 5.54 Å². The van der Waals surface area contributed by atoms with Gasteiger partial charge >= 0.3 is 0 Å². The van der Waals surface area contributed by atoms with Crippen molar-refractivity contribution in [2.75, 3.05) is 20.2 Å². The number of ether oxygens (including phenoxy) is 1. The molecule has 1 aliphatic heterocycles. The Labute approximate surface area is 123 Å². The summed E-state index contributed by atoms with van der Waals surface area (Å²) in [5, 5.41) is 2.74. The number of hydrogen-bond acceptors (Lipinski definition) is 3. The molecule has 21 heavy (non-hydrogen) atoms. The molecule has 2 amide bonds. The van der Waals surface area contributed by atoms with E-state index in [0.717, 1.165) is 0 Å². The van der Waals surface area contributed by atoms with E-state index in [2.05, 4.69) is 5.32 Å². The molecule has 0 atom stereocenters. The Morgan fingerprint density at radius 1 is 1.48 bits per heavy atom.